The number of aldehydes is 1. The van der Waals surface area contributed by atoms with Crippen molar-refractivity contribution in [2.45, 2.75) is 25.5 Å². The molecule has 5 heteroatoms. The molecule has 4 nitrogen and oxygen atoms in total. The monoisotopic (exact) mass is 326 g/mol. The Morgan fingerprint density at radius 1 is 1.29 bits per heavy atom. The summed E-state index contributed by atoms with van der Waals surface area (Å²) < 4.78 is 19.4. The average Bonchev–Trinajstić information content (AvgIpc) is 2.52. The predicted molar refractivity (Wildman–Crippen MR) is 94.0 cm³/mol. The smallest absolute Gasteiger partial charge is 0.146 e. The van der Waals surface area contributed by atoms with Crippen LogP contribution in [0, 0.1) is 5.82 Å². The summed E-state index contributed by atoms with van der Waals surface area (Å²) in [5.74, 6) is 0.229. The van der Waals surface area contributed by atoms with Crippen molar-refractivity contribution in [1.29, 1.82) is 0 Å². The lowest BCUT2D eigenvalue weighted by Gasteiger charge is -2.46. The lowest BCUT2D eigenvalue weighted by atomic mass is 9.92. The second-order valence-electron chi connectivity index (χ2n) is 6.29. The van der Waals surface area contributed by atoms with Gasteiger partial charge in [0.05, 0.1) is 5.69 Å². The molecule has 0 aromatic heterocycles. The van der Waals surface area contributed by atoms with E-state index in [0.717, 1.165) is 11.8 Å². The zero-order valence-electron chi connectivity index (χ0n) is 13.6. The minimum absolute atomic E-state index is 0.338. The molecule has 1 aliphatic heterocycles. The molecule has 2 N–H and O–H groups in total. The van der Waals surface area contributed by atoms with Gasteiger partial charge in [-0.3, -0.25) is 0 Å². The molecule has 0 saturated heterocycles. The number of nitrogens with two attached hydrogens (primary N) is 1. The number of rotatable bonds is 3. The molecule has 0 radical (unpaired) electrons. The number of hydrogen-bond acceptors (Lipinski definition) is 4. The molecular formula is C19H19FN2O2. The number of nitrogens with zero attached hydrogens (tertiary/aromatic N) is 1. The minimum atomic E-state index is -0.782. The second kappa shape index (κ2) is 5.67. The topological polar surface area (TPSA) is 55.6 Å². The largest absolute Gasteiger partial charge is 0.483 e. The number of ether oxygens (including phenoxy) is 1. The molecular weight excluding hydrogens is 307 g/mol. The molecule has 124 valence electrons. The highest BCUT2D eigenvalue weighted by atomic mass is 19.1. The van der Waals surface area contributed by atoms with Crippen LogP contribution >= 0.6 is 0 Å². The van der Waals surface area contributed by atoms with Crippen LogP contribution in [0.5, 0.6) is 5.75 Å². The molecule has 0 amide bonds. The van der Waals surface area contributed by atoms with E-state index in [4.69, 9.17) is 10.5 Å². The van der Waals surface area contributed by atoms with Gasteiger partial charge in [0, 0.05) is 23.0 Å². The Hall–Kier alpha value is -2.82. The number of fused-ring (bicyclic) bond motifs is 1. The highest BCUT2D eigenvalue weighted by Gasteiger charge is 2.43. The number of anilines is 3. The van der Waals surface area contributed by atoms with E-state index in [-0.39, 0.29) is 5.82 Å². The van der Waals surface area contributed by atoms with Gasteiger partial charge < -0.3 is 20.2 Å². The first-order valence-electron chi connectivity index (χ1n) is 7.62. The maximum atomic E-state index is 13.3. The molecule has 1 atom stereocenters. The van der Waals surface area contributed by atoms with Crippen molar-refractivity contribution >= 4 is 29.4 Å². The van der Waals surface area contributed by atoms with Gasteiger partial charge in [-0.05, 0) is 44.2 Å². The summed E-state index contributed by atoms with van der Waals surface area (Å²) in [7, 11) is 0. The van der Waals surface area contributed by atoms with Crippen molar-refractivity contribution in [2.75, 3.05) is 10.6 Å². The fourth-order valence-corrected chi connectivity index (χ4v) is 3.05. The molecule has 2 aromatic carbocycles. The summed E-state index contributed by atoms with van der Waals surface area (Å²) in [6.07, 6.45) is 2.50. The third-order valence-corrected chi connectivity index (χ3v) is 4.18. The lowest BCUT2D eigenvalue weighted by Crippen LogP contribution is -2.55. The van der Waals surface area contributed by atoms with Crippen molar-refractivity contribution in [3.05, 3.63) is 54.4 Å². The van der Waals surface area contributed by atoms with Crippen LogP contribution in [0.2, 0.25) is 0 Å². The predicted octanol–water partition coefficient (Wildman–Crippen LogP) is 3.93. The zero-order chi connectivity index (χ0) is 17.5. The number of hydrogen-bond donors (Lipinski definition) is 1. The highest BCUT2D eigenvalue weighted by Crippen LogP contribution is 2.47. The van der Waals surface area contributed by atoms with E-state index in [2.05, 4.69) is 6.58 Å². The van der Waals surface area contributed by atoms with Gasteiger partial charge >= 0.3 is 0 Å². The van der Waals surface area contributed by atoms with Crippen LogP contribution in [0.1, 0.15) is 19.4 Å². The molecule has 1 unspecified atom stereocenters. The van der Waals surface area contributed by atoms with Crippen molar-refractivity contribution in [1.82, 2.24) is 0 Å². The molecule has 0 fully saturated rings. The molecule has 3 rings (SSSR count). The van der Waals surface area contributed by atoms with Gasteiger partial charge in [-0.25, -0.2) is 4.39 Å². The first kappa shape index (κ1) is 16.1. The Kier molecular flexibility index (Phi) is 3.79. The summed E-state index contributed by atoms with van der Waals surface area (Å²) in [4.78, 5) is 13.7. The van der Waals surface area contributed by atoms with Crippen molar-refractivity contribution in [2.24, 2.45) is 0 Å². The Balaban J connectivity index is 2.30. The fourth-order valence-electron chi connectivity index (χ4n) is 3.05. The van der Waals surface area contributed by atoms with E-state index in [9.17, 15) is 9.18 Å². The first-order chi connectivity index (χ1) is 11.4. The summed E-state index contributed by atoms with van der Waals surface area (Å²) in [5.41, 5.74) is 7.85. The Labute approximate surface area is 140 Å². The zero-order valence-corrected chi connectivity index (χ0v) is 13.6. The van der Waals surface area contributed by atoms with Gasteiger partial charge in [-0.15, -0.1) is 0 Å². The average molecular weight is 326 g/mol. The van der Waals surface area contributed by atoms with E-state index >= 15 is 0 Å². The molecule has 2 aromatic rings. The molecule has 0 spiro atoms. The molecule has 0 bridgehead atoms. The standard InChI is InChI=1S/C19H19FN2O2/c1-4-12-9-14(21)10-16-18(12)22(15-7-5-13(20)6-8-15)17(11-23)19(2,3)24-16/h4-11,17H,1,21H2,2-3H3. The van der Waals surface area contributed by atoms with Gasteiger partial charge in [0.15, 0.2) is 0 Å². The van der Waals surface area contributed by atoms with Crippen LogP contribution in [-0.4, -0.2) is 17.9 Å². The third kappa shape index (κ3) is 2.52. The summed E-state index contributed by atoms with van der Waals surface area (Å²) in [5, 5.41) is 0. The number of carbonyl (C=O) groups is 1. The molecule has 0 saturated carbocycles. The van der Waals surface area contributed by atoms with Crippen molar-refractivity contribution in [3.8, 4) is 5.75 Å². The van der Waals surface area contributed by atoms with Gasteiger partial charge in [0.2, 0.25) is 0 Å². The van der Waals surface area contributed by atoms with Crippen LogP contribution in [0.15, 0.2) is 43.0 Å². The van der Waals surface area contributed by atoms with Crippen molar-refractivity contribution < 1.29 is 13.9 Å². The van der Waals surface area contributed by atoms with Gasteiger partial charge in [-0.1, -0.05) is 12.7 Å². The summed E-state index contributed by atoms with van der Waals surface area (Å²) in [6, 6.07) is 8.92. The van der Waals surface area contributed by atoms with E-state index in [0.29, 0.717) is 22.8 Å². The van der Waals surface area contributed by atoms with Gasteiger partial charge in [-0.2, -0.15) is 0 Å². The van der Waals surface area contributed by atoms with Gasteiger partial charge in [0.1, 0.15) is 29.5 Å². The quantitative estimate of drug-likeness (QED) is 0.686. The van der Waals surface area contributed by atoms with E-state index in [1.165, 1.54) is 12.1 Å². The summed E-state index contributed by atoms with van der Waals surface area (Å²) in [6.45, 7) is 7.49. The van der Waals surface area contributed by atoms with Crippen LogP contribution in [0.25, 0.3) is 6.08 Å². The first-order valence-corrected chi connectivity index (χ1v) is 7.62. The Bertz CT molecular complexity index is 800. The fraction of sp³-hybridized carbons (Fsp3) is 0.211. The van der Waals surface area contributed by atoms with Crippen LogP contribution in [0.4, 0.5) is 21.5 Å². The number of benzene rings is 2. The maximum absolute atomic E-state index is 13.3. The number of halogens is 1. The second-order valence-corrected chi connectivity index (χ2v) is 6.29. The lowest BCUT2D eigenvalue weighted by molar-refractivity contribution is -0.112. The Morgan fingerprint density at radius 3 is 2.54 bits per heavy atom. The van der Waals surface area contributed by atoms with Crippen LogP contribution in [0.3, 0.4) is 0 Å². The minimum Gasteiger partial charge on any atom is -0.483 e. The third-order valence-electron chi connectivity index (χ3n) is 4.18. The molecule has 0 aliphatic carbocycles. The molecule has 1 heterocycles. The maximum Gasteiger partial charge on any atom is 0.146 e. The Morgan fingerprint density at radius 2 is 1.96 bits per heavy atom. The summed E-state index contributed by atoms with van der Waals surface area (Å²) >= 11 is 0. The molecule has 24 heavy (non-hydrogen) atoms. The van der Waals surface area contributed by atoms with E-state index in [1.807, 2.05) is 18.7 Å². The normalized spacial score (nSPS) is 18.5. The number of carbonyl (C=O) groups excluding carboxylic acids is 1. The van der Waals surface area contributed by atoms with Crippen LogP contribution < -0.4 is 15.4 Å². The van der Waals surface area contributed by atoms with E-state index in [1.54, 1.807) is 30.3 Å². The van der Waals surface area contributed by atoms with Gasteiger partial charge in [0.25, 0.3) is 0 Å². The van der Waals surface area contributed by atoms with E-state index < -0.39 is 11.6 Å². The highest BCUT2D eigenvalue weighted by molar-refractivity contribution is 5.87. The SMILES string of the molecule is C=Cc1cc(N)cc2c1N(c1ccc(F)cc1)C(C=O)C(C)(C)O2. The van der Waals surface area contributed by atoms with Crippen LogP contribution in [-0.2, 0) is 4.79 Å². The van der Waals surface area contributed by atoms with Crippen molar-refractivity contribution in [3.63, 3.8) is 0 Å². The number of nitrogen functional groups attached to an aromatic ring is 1. The molecule has 1 aliphatic rings.